The standard InChI is InChI=1S/C23H24ClN3O6/c1-3-21(29)27(25-20(28)14-33-18-9-5-15(24)6-10-18)19-13-22(30)26(23(19)31)16-7-11-17(12-8-16)32-4-2/h5-12,19H,3-4,13-14H2,1-2H3,(H,25,28). The Morgan fingerprint density at radius 3 is 2.24 bits per heavy atom. The topological polar surface area (TPSA) is 105 Å². The highest BCUT2D eigenvalue weighted by Crippen LogP contribution is 2.27. The highest BCUT2D eigenvalue weighted by atomic mass is 35.5. The lowest BCUT2D eigenvalue weighted by atomic mass is 10.2. The van der Waals surface area contributed by atoms with Crippen LogP contribution in [0.3, 0.4) is 0 Å². The van der Waals surface area contributed by atoms with Gasteiger partial charge in [-0.15, -0.1) is 0 Å². The molecule has 0 saturated carbocycles. The van der Waals surface area contributed by atoms with Gasteiger partial charge in [0.2, 0.25) is 11.8 Å². The second kappa shape index (κ2) is 10.8. The molecule has 0 aliphatic carbocycles. The predicted octanol–water partition coefficient (Wildman–Crippen LogP) is 2.72. The van der Waals surface area contributed by atoms with E-state index in [0.29, 0.717) is 28.8 Å². The molecule has 4 amide bonds. The first-order chi connectivity index (χ1) is 15.8. The van der Waals surface area contributed by atoms with Gasteiger partial charge in [0, 0.05) is 11.4 Å². The third kappa shape index (κ3) is 5.81. The van der Waals surface area contributed by atoms with Crippen LogP contribution in [0.25, 0.3) is 0 Å². The van der Waals surface area contributed by atoms with E-state index in [2.05, 4.69) is 5.43 Å². The van der Waals surface area contributed by atoms with Crippen molar-refractivity contribution in [3.05, 3.63) is 53.6 Å². The molecule has 1 heterocycles. The first kappa shape index (κ1) is 24.1. The summed E-state index contributed by atoms with van der Waals surface area (Å²) in [6.45, 7) is 3.53. The maximum atomic E-state index is 13.1. The minimum Gasteiger partial charge on any atom is -0.494 e. The quantitative estimate of drug-likeness (QED) is 0.467. The number of halogens is 1. The van der Waals surface area contributed by atoms with Crippen LogP contribution >= 0.6 is 11.6 Å². The predicted molar refractivity (Wildman–Crippen MR) is 121 cm³/mol. The summed E-state index contributed by atoms with van der Waals surface area (Å²) >= 11 is 5.82. The van der Waals surface area contributed by atoms with Gasteiger partial charge in [-0.2, -0.15) is 0 Å². The minimum absolute atomic E-state index is 0.0271. The number of carbonyl (C=O) groups is 4. The van der Waals surface area contributed by atoms with Crippen molar-refractivity contribution < 1.29 is 28.7 Å². The number of nitrogens with zero attached hydrogens (tertiary/aromatic N) is 2. The van der Waals surface area contributed by atoms with Crippen LogP contribution in [-0.4, -0.2) is 47.9 Å². The zero-order valence-corrected chi connectivity index (χ0v) is 19.0. The summed E-state index contributed by atoms with van der Waals surface area (Å²) in [6.07, 6.45) is -0.227. The van der Waals surface area contributed by atoms with Crippen molar-refractivity contribution in [2.45, 2.75) is 32.7 Å². The van der Waals surface area contributed by atoms with Crippen LogP contribution in [0, 0.1) is 0 Å². The average Bonchev–Trinajstić information content (AvgIpc) is 3.11. The van der Waals surface area contributed by atoms with Gasteiger partial charge in [-0.25, -0.2) is 9.91 Å². The molecule has 1 atom stereocenters. The Labute approximate surface area is 196 Å². The second-order valence-corrected chi connectivity index (χ2v) is 7.55. The summed E-state index contributed by atoms with van der Waals surface area (Å²) in [6, 6.07) is 11.7. The summed E-state index contributed by atoms with van der Waals surface area (Å²) in [4.78, 5) is 51.7. The Morgan fingerprint density at radius 2 is 1.64 bits per heavy atom. The van der Waals surface area contributed by atoms with Gasteiger partial charge < -0.3 is 9.47 Å². The fourth-order valence-electron chi connectivity index (χ4n) is 3.28. The van der Waals surface area contributed by atoms with E-state index in [1.54, 1.807) is 55.5 Å². The Hall–Kier alpha value is -3.59. The first-order valence-corrected chi connectivity index (χ1v) is 10.8. The van der Waals surface area contributed by atoms with E-state index < -0.39 is 36.3 Å². The molecule has 0 aromatic heterocycles. The van der Waals surface area contributed by atoms with Gasteiger partial charge in [-0.3, -0.25) is 24.6 Å². The number of carbonyl (C=O) groups excluding carboxylic acids is 4. The van der Waals surface area contributed by atoms with E-state index in [1.807, 2.05) is 6.92 Å². The van der Waals surface area contributed by atoms with E-state index in [9.17, 15) is 19.2 Å². The van der Waals surface area contributed by atoms with Crippen molar-refractivity contribution >= 4 is 40.9 Å². The molecule has 33 heavy (non-hydrogen) atoms. The molecule has 1 unspecified atom stereocenters. The van der Waals surface area contributed by atoms with E-state index in [-0.39, 0.29) is 12.8 Å². The van der Waals surface area contributed by atoms with Crippen molar-refractivity contribution in [3.63, 3.8) is 0 Å². The van der Waals surface area contributed by atoms with E-state index in [1.165, 1.54) is 0 Å². The van der Waals surface area contributed by atoms with Crippen LogP contribution in [0.4, 0.5) is 5.69 Å². The van der Waals surface area contributed by atoms with Gasteiger partial charge in [0.15, 0.2) is 6.61 Å². The third-order valence-corrected chi connectivity index (χ3v) is 5.09. The van der Waals surface area contributed by atoms with E-state index in [4.69, 9.17) is 21.1 Å². The third-order valence-electron chi connectivity index (χ3n) is 4.84. The average molecular weight is 474 g/mol. The fraction of sp³-hybridized carbons (Fsp3) is 0.304. The number of benzene rings is 2. The van der Waals surface area contributed by atoms with Gasteiger partial charge in [0.05, 0.1) is 18.7 Å². The summed E-state index contributed by atoms with van der Waals surface area (Å²) in [5.74, 6) is -1.22. The number of hydrogen-bond donors (Lipinski definition) is 1. The molecule has 1 fully saturated rings. The number of hydrogen-bond acceptors (Lipinski definition) is 6. The van der Waals surface area contributed by atoms with Crippen LogP contribution in [0.2, 0.25) is 5.02 Å². The minimum atomic E-state index is -1.16. The van der Waals surface area contributed by atoms with Crippen molar-refractivity contribution in [2.75, 3.05) is 18.1 Å². The maximum absolute atomic E-state index is 13.1. The van der Waals surface area contributed by atoms with Crippen molar-refractivity contribution in [1.29, 1.82) is 0 Å². The summed E-state index contributed by atoms with van der Waals surface area (Å²) in [5.41, 5.74) is 2.77. The van der Waals surface area contributed by atoms with Gasteiger partial charge >= 0.3 is 0 Å². The molecular weight excluding hydrogens is 450 g/mol. The Bertz CT molecular complexity index is 1030. The summed E-state index contributed by atoms with van der Waals surface area (Å²) in [7, 11) is 0. The van der Waals surface area contributed by atoms with Crippen molar-refractivity contribution in [3.8, 4) is 11.5 Å². The molecule has 1 N–H and O–H groups in total. The zero-order chi connectivity index (χ0) is 24.0. The van der Waals surface area contributed by atoms with Crippen LogP contribution in [0.15, 0.2) is 48.5 Å². The molecule has 0 bridgehead atoms. The van der Waals surface area contributed by atoms with Gasteiger partial charge in [-0.1, -0.05) is 18.5 Å². The smallest absolute Gasteiger partial charge is 0.276 e. The lowest BCUT2D eigenvalue weighted by molar-refractivity contribution is -0.148. The van der Waals surface area contributed by atoms with Crippen LogP contribution in [0.5, 0.6) is 11.5 Å². The molecule has 2 aromatic carbocycles. The van der Waals surface area contributed by atoms with Gasteiger partial charge in [-0.05, 0) is 55.5 Å². The number of imide groups is 1. The highest BCUT2D eigenvalue weighted by molar-refractivity contribution is 6.30. The maximum Gasteiger partial charge on any atom is 0.276 e. The molecule has 174 valence electrons. The molecule has 1 aliphatic heterocycles. The molecule has 1 saturated heterocycles. The monoisotopic (exact) mass is 473 g/mol. The molecule has 0 spiro atoms. The lowest BCUT2D eigenvalue weighted by Gasteiger charge is -2.27. The fourth-order valence-corrected chi connectivity index (χ4v) is 3.40. The molecule has 10 heteroatoms. The molecule has 1 aliphatic rings. The van der Waals surface area contributed by atoms with Crippen LogP contribution in [0.1, 0.15) is 26.7 Å². The van der Waals surface area contributed by atoms with Crippen LogP contribution in [-0.2, 0) is 19.2 Å². The SMILES string of the molecule is CCOc1ccc(N2C(=O)CC(N(NC(=O)COc3ccc(Cl)cc3)C(=O)CC)C2=O)cc1. The molecule has 0 radical (unpaired) electrons. The summed E-state index contributed by atoms with van der Waals surface area (Å²) in [5, 5.41) is 1.44. The van der Waals surface area contributed by atoms with Crippen molar-refractivity contribution in [2.24, 2.45) is 0 Å². The Kier molecular flexibility index (Phi) is 7.89. The molecule has 2 aromatic rings. The number of anilines is 1. The van der Waals surface area contributed by atoms with E-state index >= 15 is 0 Å². The number of ether oxygens (including phenoxy) is 2. The highest BCUT2D eigenvalue weighted by Gasteiger charge is 2.45. The Morgan fingerprint density at radius 1 is 1.03 bits per heavy atom. The lowest BCUT2D eigenvalue weighted by Crippen LogP contribution is -2.55. The second-order valence-electron chi connectivity index (χ2n) is 7.11. The van der Waals surface area contributed by atoms with Gasteiger partial charge in [0.25, 0.3) is 11.8 Å². The Balaban J connectivity index is 1.70. The normalized spacial score (nSPS) is 15.4. The van der Waals surface area contributed by atoms with Crippen molar-refractivity contribution in [1.82, 2.24) is 10.4 Å². The van der Waals surface area contributed by atoms with Crippen LogP contribution < -0.4 is 19.8 Å². The molecular formula is C23H24ClN3O6. The number of amides is 4. The number of rotatable bonds is 8. The first-order valence-electron chi connectivity index (χ1n) is 10.4. The number of hydrazine groups is 1. The molecule has 3 rings (SSSR count). The number of nitrogens with one attached hydrogen (secondary N) is 1. The summed E-state index contributed by atoms with van der Waals surface area (Å²) < 4.78 is 10.8. The zero-order valence-electron chi connectivity index (χ0n) is 18.2. The largest absolute Gasteiger partial charge is 0.494 e. The molecule has 9 nitrogen and oxygen atoms in total. The van der Waals surface area contributed by atoms with Gasteiger partial charge in [0.1, 0.15) is 17.5 Å². The van der Waals surface area contributed by atoms with E-state index in [0.717, 1.165) is 9.91 Å².